The van der Waals surface area contributed by atoms with Gasteiger partial charge in [-0.2, -0.15) is 0 Å². The van der Waals surface area contributed by atoms with Crippen molar-refractivity contribution in [1.82, 2.24) is 0 Å². The number of carbonyl (C=O) groups is 1. The zero-order valence-electron chi connectivity index (χ0n) is 13.2. The van der Waals surface area contributed by atoms with Gasteiger partial charge >= 0.3 is 0 Å². The highest BCUT2D eigenvalue weighted by Crippen LogP contribution is 2.50. The number of carboxylic acids is 1. The Kier molecular flexibility index (Phi) is 3.53. The van der Waals surface area contributed by atoms with Crippen LogP contribution in [0.4, 0.5) is 11.4 Å². The van der Waals surface area contributed by atoms with Gasteiger partial charge in [-0.1, -0.05) is 42.5 Å². The summed E-state index contributed by atoms with van der Waals surface area (Å²) in [6.45, 7) is 0. The second-order valence-electron chi connectivity index (χ2n) is 6.38. The molecule has 25 heavy (non-hydrogen) atoms. The van der Waals surface area contributed by atoms with Crippen LogP contribution < -0.4 is 10.4 Å². The standard InChI is InChI=1S/C19H16N2O4/c22-19(23)16-6-2-5-15-13-3-1-4-14(13)17(20-18(15)16)11-7-9-12(10-8-11)21(24)25/h1-3,5-10,13-14,17,20H,4H2,(H,22,23)/p-1/t13-,14-,17+/m0/s1. The average Bonchev–Trinajstić information content (AvgIpc) is 3.10. The Hall–Kier alpha value is -3.15. The summed E-state index contributed by atoms with van der Waals surface area (Å²) in [6, 6.07) is 11.5. The number of aromatic carboxylic acids is 1. The van der Waals surface area contributed by atoms with E-state index in [1.807, 2.05) is 6.07 Å². The summed E-state index contributed by atoms with van der Waals surface area (Å²) in [7, 11) is 0. The maximum absolute atomic E-state index is 11.5. The largest absolute Gasteiger partial charge is 0.545 e. The van der Waals surface area contributed by atoms with E-state index in [-0.39, 0.29) is 29.1 Å². The van der Waals surface area contributed by atoms with Gasteiger partial charge in [0.05, 0.1) is 16.9 Å². The van der Waals surface area contributed by atoms with E-state index < -0.39 is 10.9 Å². The number of nitrogens with zero attached hydrogens (tertiary/aromatic N) is 1. The van der Waals surface area contributed by atoms with Crippen molar-refractivity contribution in [1.29, 1.82) is 0 Å². The summed E-state index contributed by atoms with van der Waals surface area (Å²) in [5, 5.41) is 25.7. The first kappa shape index (κ1) is 15.4. The van der Waals surface area contributed by atoms with Crippen LogP contribution in [0.5, 0.6) is 0 Å². The van der Waals surface area contributed by atoms with E-state index in [1.165, 1.54) is 18.2 Å². The van der Waals surface area contributed by atoms with Crippen molar-refractivity contribution in [2.75, 3.05) is 5.32 Å². The van der Waals surface area contributed by atoms with Crippen LogP contribution >= 0.6 is 0 Å². The van der Waals surface area contributed by atoms with Crippen LogP contribution in [-0.4, -0.2) is 10.9 Å². The molecule has 2 aliphatic rings. The minimum Gasteiger partial charge on any atom is -0.545 e. The van der Waals surface area contributed by atoms with Crippen molar-refractivity contribution in [3.05, 3.63) is 81.4 Å². The Morgan fingerprint density at radius 3 is 2.60 bits per heavy atom. The molecule has 1 N–H and O–H groups in total. The number of fused-ring (bicyclic) bond motifs is 3. The lowest BCUT2D eigenvalue weighted by atomic mass is 9.76. The zero-order chi connectivity index (χ0) is 17.6. The summed E-state index contributed by atoms with van der Waals surface area (Å²) in [5.74, 6) is -0.853. The molecule has 1 heterocycles. The molecule has 2 aromatic rings. The molecular weight excluding hydrogens is 320 g/mol. The van der Waals surface area contributed by atoms with Crippen molar-refractivity contribution in [2.24, 2.45) is 5.92 Å². The van der Waals surface area contributed by atoms with Crippen LogP contribution in [0.25, 0.3) is 0 Å². The van der Waals surface area contributed by atoms with Gasteiger partial charge in [-0.15, -0.1) is 0 Å². The number of anilines is 1. The number of para-hydroxylation sites is 1. The number of non-ortho nitro benzene ring substituents is 1. The van der Waals surface area contributed by atoms with Crippen molar-refractivity contribution in [3.8, 4) is 0 Å². The molecule has 0 unspecified atom stereocenters. The van der Waals surface area contributed by atoms with E-state index in [4.69, 9.17) is 0 Å². The van der Waals surface area contributed by atoms with E-state index in [0.29, 0.717) is 5.69 Å². The highest BCUT2D eigenvalue weighted by Gasteiger charge is 2.38. The lowest BCUT2D eigenvalue weighted by molar-refractivity contribution is -0.384. The number of carboxylic acid groups (broad SMARTS) is 1. The highest BCUT2D eigenvalue weighted by atomic mass is 16.6. The molecule has 1 aliphatic heterocycles. The van der Waals surface area contributed by atoms with E-state index in [0.717, 1.165) is 17.5 Å². The van der Waals surface area contributed by atoms with Crippen molar-refractivity contribution >= 4 is 17.3 Å². The Morgan fingerprint density at radius 2 is 1.92 bits per heavy atom. The number of rotatable bonds is 3. The summed E-state index contributed by atoms with van der Waals surface area (Å²) in [6.07, 6.45) is 5.09. The average molecular weight is 335 g/mol. The zero-order valence-corrected chi connectivity index (χ0v) is 13.2. The number of nitro groups is 1. The molecule has 6 heteroatoms. The molecule has 3 atom stereocenters. The number of nitrogens with one attached hydrogen (secondary N) is 1. The summed E-state index contributed by atoms with van der Waals surface area (Å²) >= 11 is 0. The third-order valence-electron chi connectivity index (χ3n) is 5.08. The molecule has 0 saturated heterocycles. The maximum atomic E-state index is 11.5. The quantitative estimate of drug-likeness (QED) is 0.529. The summed E-state index contributed by atoms with van der Waals surface area (Å²) in [4.78, 5) is 21.9. The minimum atomic E-state index is -1.22. The molecule has 0 spiro atoms. The number of hydrogen-bond donors (Lipinski definition) is 1. The van der Waals surface area contributed by atoms with Crippen LogP contribution in [-0.2, 0) is 0 Å². The Bertz CT molecular complexity index is 889. The fourth-order valence-corrected chi connectivity index (χ4v) is 3.92. The molecule has 0 saturated carbocycles. The fraction of sp³-hybridized carbons (Fsp3) is 0.211. The lowest BCUT2D eigenvalue weighted by Crippen LogP contribution is -2.32. The van der Waals surface area contributed by atoms with E-state index >= 15 is 0 Å². The monoisotopic (exact) mass is 335 g/mol. The normalized spacial score (nSPS) is 23.4. The first-order valence-electron chi connectivity index (χ1n) is 8.08. The molecule has 1 aliphatic carbocycles. The van der Waals surface area contributed by atoms with Gasteiger partial charge in [-0.3, -0.25) is 10.1 Å². The van der Waals surface area contributed by atoms with Gasteiger partial charge < -0.3 is 15.2 Å². The van der Waals surface area contributed by atoms with Gasteiger partial charge in [0.2, 0.25) is 0 Å². The third-order valence-corrected chi connectivity index (χ3v) is 5.08. The number of hydrogen-bond acceptors (Lipinski definition) is 5. The van der Waals surface area contributed by atoms with Crippen LogP contribution in [0.2, 0.25) is 0 Å². The van der Waals surface area contributed by atoms with Crippen LogP contribution in [0.15, 0.2) is 54.6 Å². The maximum Gasteiger partial charge on any atom is 0.269 e. The Balaban J connectivity index is 1.78. The van der Waals surface area contributed by atoms with Gasteiger partial charge in [0.1, 0.15) is 0 Å². The molecule has 0 fully saturated rings. The molecule has 0 aromatic heterocycles. The molecule has 6 nitrogen and oxygen atoms in total. The predicted molar refractivity (Wildman–Crippen MR) is 90.2 cm³/mol. The van der Waals surface area contributed by atoms with Crippen LogP contribution in [0.3, 0.4) is 0 Å². The topological polar surface area (TPSA) is 95.3 Å². The lowest BCUT2D eigenvalue weighted by Gasteiger charge is -2.38. The predicted octanol–water partition coefficient (Wildman–Crippen LogP) is 2.78. The van der Waals surface area contributed by atoms with Crippen LogP contribution in [0, 0.1) is 16.0 Å². The number of nitro benzene ring substituents is 1. The van der Waals surface area contributed by atoms with Crippen LogP contribution in [0.1, 0.15) is 39.9 Å². The Morgan fingerprint density at radius 1 is 1.16 bits per heavy atom. The first-order valence-corrected chi connectivity index (χ1v) is 8.08. The summed E-state index contributed by atoms with van der Waals surface area (Å²) < 4.78 is 0. The van der Waals surface area contributed by atoms with Crippen molar-refractivity contribution in [2.45, 2.75) is 18.4 Å². The fourth-order valence-electron chi connectivity index (χ4n) is 3.92. The van der Waals surface area contributed by atoms with Gasteiger partial charge in [0.15, 0.2) is 0 Å². The van der Waals surface area contributed by atoms with Crippen molar-refractivity contribution in [3.63, 3.8) is 0 Å². The second-order valence-corrected chi connectivity index (χ2v) is 6.38. The summed E-state index contributed by atoms with van der Waals surface area (Å²) in [5.41, 5.74) is 2.63. The first-order chi connectivity index (χ1) is 12.1. The van der Waals surface area contributed by atoms with Gasteiger partial charge in [-0.25, -0.2) is 0 Å². The number of allylic oxidation sites excluding steroid dienone is 2. The third kappa shape index (κ3) is 2.46. The molecule has 4 rings (SSSR count). The number of benzene rings is 2. The molecule has 2 aromatic carbocycles. The molecule has 0 bridgehead atoms. The SMILES string of the molecule is O=C([O-])c1cccc2c1N[C@H](c1ccc([N+](=O)[O-])cc1)[C@H]1CC=C[C@H]21. The molecule has 126 valence electrons. The molecule has 0 radical (unpaired) electrons. The van der Waals surface area contributed by atoms with Crippen molar-refractivity contribution < 1.29 is 14.8 Å². The second kappa shape index (κ2) is 5.73. The van der Waals surface area contributed by atoms with Gasteiger partial charge in [0, 0.05) is 29.3 Å². The van der Waals surface area contributed by atoms with E-state index in [1.54, 1.807) is 18.2 Å². The highest BCUT2D eigenvalue weighted by molar-refractivity contribution is 5.94. The number of carbonyl (C=O) groups excluding carboxylic acids is 1. The van der Waals surface area contributed by atoms with E-state index in [9.17, 15) is 20.0 Å². The Labute approximate surface area is 144 Å². The molecular formula is C19H15N2O4-. The van der Waals surface area contributed by atoms with E-state index in [2.05, 4.69) is 17.5 Å². The minimum absolute atomic E-state index is 0.0384. The van der Waals surface area contributed by atoms with Gasteiger partial charge in [-0.05, 0) is 23.5 Å². The smallest absolute Gasteiger partial charge is 0.269 e. The van der Waals surface area contributed by atoms with Gasteiger partial charge in [0.25, 0.3) is 5.69 Å². The molecule has 0 amide bonds.